The SMILES string of the molecule is CCCCc1cc(-c2ccccc2)cc(CCCC)[n+]1C1=NNNN1. The Morgan fingerprint density at radius 2 is 1.52 bits per heavy atom. The molecule has 0 saturated heterocycles. The summed E-state index contributed by atoms with van der Waals surface area (Å²) in [6, 6.07) is 15.3. The summed E-state index contributed by atoms with van der Waals surface area (Å²) < 4.78 is 2.27. The van der Waals surface area contributed by atoms with Crippen LogP contribution in [-0.4, -0.2) is 5.96 Å². The van der Waals surface area contributed by atoms with Gasteiger partial charge in [0.05, 0.1) is 11.4 Å². The molecule has 0 saturated carbocycles. The Kier molecular flexibility index (Phi) is 6.01. The second kappa shape index (κ2) is 8.62. The molecule has 0 radical (unpaired) electrons. The number of rotatable bonds is 7. The molecule has 0 aliphatic carbocycles. The number of hydrazone groups is 1. The van der Waals surface area contributed by atoms with E-state index in [0.717, 1.165) is 18.8 Å². The van der Waals surface area contributed by atoms with E-state index in [4.69, 9.17) is 0 Å². The molecule has 5 nitrogen and oxygen atoms in total. The minimum Gasteiger partial charge on any atom is -0.200 e. The number of nitrogens with zero attached hydrogens (tertiary/aromatic N) is 2. The van der Waals surface area contributed by atoms with Gasteiger partial charge in [0.1, 0.15) is 0 Å². The van der Waals surface area contributed by atoms with E-state index in [2.05, 4.69) is 82.5 Å². The average Bonchev–Trinajstić information content (AvgIpc) is 3.19. The van der Waals surface area contributed by atoms with Gasteiger partial charge in [-0.05, 0) is 36.1 Å². The highest BCUT2D eigenvalue weighted by Gasteiger charge is 2.24. The van der Waals surface area contributed by atoms with Crippen molar-refractivity contribution in [3.63, 3.8) is 0 Å². The number of aryl methyl sites for hydroxylation is 2. The van der Waals surface area contributed by atoms with Crippen molar-refractivity contribution in [3.05, 3.63) is 53.9 Å². The van der Waals surface area contributed by atoms with Crippen molar-refractivity contribution in [3.8, 4) is 11.1 Å². The number of unbranched alkanes of at least 4 members (excludes halogenated alkanes) is 2. The molecule has 0 unspecified atom stereocenters. The molecule has 0 amide bonds. The summed E-state index contributed by atoms with van der Waals surface area (Å²) in [5, 5.41) is 4.35. The quantitative estimate of drug-likeness (QED) is 0.680. The predicted octanol–water partition coefficient (Wildman–Crippen LogP) is 3.06. The van der Waals surface area contributed by atoms with E-state index < -0.39 is 0 Å². The van der Waals surface area contributed by atoms with Gasteiger partial charge < -0.3 is 0 Å². The molecular weight excluding hydrogens is 310 g/mol. The smallest absolute Gasteiger partial charge is 0.200 e. The van der Waals surface area contributed by atoms with E-state index in [1.54, 1.807) is 0 Å². The standard InChI is InChI=1S/C20H28N5/c1-3-5-12-18-14-17(16-10-8-7-9-11-16)15-19(13-6-4-2)25(18)20-21-23-24-22-20/h7-11,14-15,23-24H,3-6,12-13H2,1-2H3,(H,21,22)/q+1. The number of benzene rings is 1. The molecule has 0 bridgehead atoms. The minimum atomic E-state index is 0.816. The van der Waals surface area contributed by atoms with Gasteiger partial charge in [0.2, 0.25) is 0 Å². The zero-order chi connectivity index (χ0) is 17.5. The van der Waals surface area contributed by atoms with Gasteiger partial charge in [-0.25, -0.2) is 4.57 Å². The maximum Gasteiger partial charge on any atom is 0.436 e. The van der Waals surface area contributed by atoms with Crippen molar-refractivity contribution >= 4 is 5.96 Å². The normalized spacial score (nSPS) is 13.3. The average molecular weight is 338 g/mol. The van der Waals surface area contributed by atoms with E-state index in [-0.39, 0.29) is 0 Å². The van der Waals surface area contributed by atoms with Crippen LogP contribution < -0.4 is 21.1 Å². The lowest BCUT2D eigenvalue weighted by Gasteiger charge is -2.15. The third-order valence-electron chi connectivity index (χ3n) is 4.50. The number of hydrazine groups is 2. The number of aromatic nitrogens is 1. The Bertz CT molecular complexity index is 695. The summed E-state index contributed by atoms with van der Waals surface area (Å²) in [7, 11) is 0. The first-order chi connectivity index (χ1) is 12.3. The third kappa shape index (κ3) is 4.17. The van der Waals surface area contributed by atoms with Gasteiger partial charge >= 0.3 is 5.96 Å². The maximum absolute atomic E-state index is 4.35. The lowest BCUT2D eigenvalue weighted by molar-refractivity contribution is -0.577. The van der Waals surface area contributed by atoms with Gasteiger partial charge in [-0.15, -0.1) is 5.53 Å². The van der Waals surface area contributed by atoms with E-state index >= 15 is 0 Å². The van der Waals surface area contributed by atoms with Crippen LogP contribution in [0, 0.1) is 0 Å². The Balaban J connectivity index is 2.10. The van der Waals surface area contributed by atoms with Crippen LogP contribution in [0.4, 0.5) is 0 Å². The Labute approximate surface area is 150 Å². The van der Waals surface area contributed by atoms with Crippen LogP contribution in [0.1, 0.15) is 50.9 Å². The maximum atomic E-state index is 4.35. The largest absolute Gasteiger partial charge is 0.436 e. The molecule has 25 heavy (non-hydrogen) atoms. The molecular formula is C20H28N5+. The number of hydrogen-bond acceptors (Lipinski definition) is 4. The van der Waals surface area contributed by atoms with Crippen molar-refractivity contribution in [1.29, 1.82) is 0 Å². The zero-order valence-electron chi connectivity index (χ0n) is 15.2. The van der Waals surface area contributed by atoms with E-state index in [9.17, 15) is 0 Å². The first-order valence-electron chi connectivity index (χ1n) is 9.30. The van der Waals surface area contributed by atoms with Crippen molar-refractivity contribution < 1.29 is 4.57 Å². The molecule has 0 atom stereocenters. The molecule has 132 valence electrons. The Hall–Kier alpha value is -2.40. The molecule has 2 heterocycles. The summed E-state index contributed by atoms with van der Waals surface area (Å²) in [5.74, 6) is 0.816. The van der Waals surface area contributed by atoms with Crippen LogP contribution in [0.2, 0.25) is 0 Å². The van der Waals surface area contributed by atoms with Crippen LogP contribution in [-0.2, 0) is 12.8 Å². The highest BCUT2D eigenvalue weighted by molar-refractivity contribution is 5.72. The van der Waals surface area contributed by atoms with Crippen LogP contribution >= 0.6 is 0 Å². The molecule has 1 aromatic heterocycles. The van der Waals surface area contributed by atoms with Crippen LogP contribution in [0.5, 0.6) is 0 Å². The Morgan fingerprint density at radius 3 is 2.04 bits per heavy atom. The van der Waals surface area contributed by atoms with E-state index in [0.29, 0.717) is 0 Å². The van der Waals surface area contributed by atoms with Crippen molar-refractivity contribution in [2.24, 2.45) is 5.10 Å². The van der Waals surface area contributed by atoms with E-state index in [1.165, 1.54) is 48.2 Å². The molecule has 0 fully saturated rings. The molecule has 3 rings (SSSR count). The minimum absolute atomic E-state index is 0.816. The molecule has 1 aliphatic heterocycles. The molecule has 0 spiro atoms. The molecule has 3 N–H and O–H groups in total. The van der Waals surface area contributed by atoms with Gasteiger partial charge in [-0.2, -0.15) is 5.43 Å². The third-order valence-corrected chi connectivity index (χ3v) is 4.50. The number of pyridine rings is 1. The van der Waals surface area contributed by atoms with Crippen LogP contribution in [0.15, 0.2) is 47.6 Å². The molecule has 2 aromatic rings. The first kappa shape index (κ1) is 17.4. The van der Waals surface area contributed by atoms with Gasteiger partial charge in [-0.3, -0.25) is 0 Å². The van der Waals surface area contributed by atoms with Gasteiger partial charge in [0, 0.05) is 17.9 Å². The summed E-state index contributed by atoms with van der Waals surface area (Å²) in [4.78, 5) is 0. The fourth-order valence-electron chi connectivity index (χ4n) is 3.17. The zero-order valence-corrected chi connectivity index (χ0v) is 15.2. The molecule has 1 aromatic carbocycles. The summed E-state index contributed by atoms with van der Waals surface area (Å²) in [6.45, 7) is 4.47. The molecule has 1 aliphatic rings. The lowest BCUT2D eigenvalue weighted by Crippen LogP contribution is -2.57. The second-order valence-electron chi connectivity index (χ2n) is 6.43. The fraction of sp³-hybridized carbons (Fsp3) is 0.400. The van der Waals surface area contributed by atoms with Gasteiger partial charge in [0.15, 0.2) is 0 Å². The van der Waals surface area contributed by atoms with Crippen LogP contribution in [0.25, 0.3) is 11.1 Å². The predicted molar refractivity (Wildman–Crippen MR) is 102 cm³/mol. The fourth-order valence-corrected chi connectivity index (χ4v) is 3.17. The Morgan fingerprint density at radius 1 is 0.880 bits per heavy atom. The van der Waals surface area contributed by atoms with Crippen molar-refractivity contribution in [2.75, 3.05) is 0 Å². The highest BCUT2D eigenvalue weighted by atomic mass is 15.8. The number of hydrogen-bond donors (Lipinski definition) is 3. The summed E-state index contributed by atoms with van der Waals surface area (Å²) in [6.07, 6.45) is 6.76. The second-order valence-corrected chi connectivity index (χ2v) is 6.43. The summed E-state index contributed by atoms with van der Waals surface area (Å²) >= 11 is 0. The monoisotopic (exact) mass is 338 g/mol. The summed E-state index contributed by atoms with van der Waals surface area (Å²) in [5.41, 5.74) is 13.9. The molecule has 5 heteroatoms. The van der Waals surface area contributed by atoms with Gasteiger partial charge in [0.25, 0.3) is 0 Å². The van der Waals surface area contributed by atoms with E-state index in [1.807, 2.05) is 0 Å². The highest BCUT2D eigenvalue weighted by Crippen LogP contribution is 2.21. The first-order valence-corrected chi connectivity index (χ1v) is 9.30. The van der Waals surface area contributed by atoms with Gasteiger partial charge in [-0.1, -0.05) is 62.6 Å². The lowest BCUT2D eigenvalue weighted by atomic mass is 10.0. The van der Waals surface area contributed by atoms with Crippen LogP contribution in [0.3, 0.4) is 0 Å². The van der Waals surface area contributed by atoms with Crippen molar-refractivity contribution in [1.82, 2.24) is 16.5 Å². The van der Waals surface area contributed by atoms with Crippen molar-refractivity contribution in [2.45, 2.75) is 52.4 Å². The number of nitrogens with one attached hydrogen (secondary N) is 3. The topological polar surface area (TPSA) is 52.3 Å².